The maximum absolute atomic E-state index is 12.7. The van der Waals surface area contributed by atoms with Crippen molar-refractivity contribution in [2.75, 3.05) is 17.2 Å². The smallest absolute Gasteiger partial charge is 0.411 e. The Morgan fingerprint density at radius 1 is 1.03 bits per heavy atom. The van der Waals surface area contributed by atoms with Gasteiger partial charge in [-0.15, -0.1) is 11.3 Å². The van der Waals surface area contributed by atoms with Crippen LogP contribution in [0.2, 0.25) is 0 Å². The molecule has 1 heterocycles. The predicted molar refractivity (Wildman–Crippen MR) is 116 cm³/mol. The van der Waals surface area contributed by atoms with Crippen molar-refractivity contribution in [3.05, 3.63) is 65.2 Å². The molecule has 0 bridgehead atoms. The Morgan fingerprint density at radius 3 is 2.41 bits per heavy atom. The van der Waals surface area contributed by atoms with Crippen molar-refractivity contribution in [1.82, 2.24) is 4.98 Å². The summed E-state index contributed by atoms with van der Waals surface area (Å²) in [6.07, 6.45) is -0.520. The van der Waals surface area contributed by atoms with Gasteiger partial charge in [0.1, 0.15) is 9.88 Å². The van der Waals surface area contributed by atoms with Crippen molar-refractivity contribution in [3.8, 4) is 10.6 Å². The zero-order valence-corrected chi connectivity index (χ0v) is 17.4. The molecule has 150 valence electrons. The van der Waals surface area contributed by atoms with E-state index in [-0.39, 0.29) is 11.8 Å². The first-order chi connectivity index (χ1) is 13.9. The summed E-state index contributed by atoms with van der Waals surface area (Å²) in [5.41, 5.74) is 2.77. The number of benzene rings is 2. The van der Waals surface area contributed by atoms with Crippen molar-refractivity contribution in [3.63, 3.8) is 0 Å². The average Bonchev–Trinajstić information content (AvgIpc) is 3.09. The fraction of sp³-hybridized carbons (Fsp3) is 0.227. The van der Waals surface area contributed by atoms with E-state index in [9.17, 15) is 9.59 Å². The third-order valence-electron chi connectivity index (χ3n) is 3.94. The monoisotopic (exact) mass is 409 g/mol. The first-order valence-corrected chi connectivity index (χ1v) is 10.1. The molecular formula is C22H23N3O3S. The summed E-state index contributed by atoms with van der Waals surface area (Å²) in [5, 5.41) is 6.33. The molecular weight excluding hydrogens is 386 g/mol. The van der Waals surface area contributed by atoms with E-state index in [0.29, 0.717) is 28.6 Å². The van der Waals surface area contributed by atoms with Crippen LogP contribution in [0.15, 0.2) is 54.6 Å². The number of carbonyl (C=O) groups excluding carboxylic acids is 2. The van der Waals surface area contributed by atoms with Gasteiger partial charge in [0.2, 0.25) is 0 Å². The van der Waals surface area contributed by atoms with Crippen LogP contribution in [-0.2, 0) is 4.74 Å². The van der Waals surface area contributed by atoms with Crippen LogP contribution in [0.3, 0.4) is 0 Å². The fourth-order valence-electron chi connectivity index (χ4n) is 2.57. The Bertz CT molecular complexity index is 1000. The second-order valence-electron chi connectivity index (χ2n) is 6.95. The number of aromatic nitrogens is 1. The number of hydrogen-bond donors (Lipinski definition) is 2. The third-order valence-corrected chi connectivity index (χ3v) is 5.14. The molecule has 3 aromatic rings. The van der Waals surface area contributed by atoms with E-state index in [1.54, 1.807) is 24.3 Å². The molecule has 2 aromatic carbocycles. The van der Waals surface area contributed by atoms with Crippen molar-refractivity contribution in [2.24, 2.45) is 5.92 Å². The lowest BCUT2D eigenvalue weighted by atomic mass is 10.2. The second kappa shape index (κ2) is 9.34. The summed E-state index contributed by atoms with van der Waals surface area (Å²) in [4.78, 5) is 29.6. The van der Waals surface area contributed by atoms with E-state index in [4.69, 9.17) is 4.74 Å². The Balaban J connectivity index is 1.68. The minimum absolute atomic E-state index is 0.235. The molecule has 0 aliphatic rings. The molecule has 3 rings (SSSR count). The summed E-state index contributed by atoms with van der Waals surface area (Å²) in [5.74, 6) is 0.0245. The lowest BCUT2D eigenvalue weighted by Gasteiger charge is -2.10. The van der Waals surface area contributed by atoms with Gasteiger partial charge in [0.25, 0.3) is 5.91 Å². The van der Waals surface area contributed by atoms with E-state index < -0.39 is 6.09 Å². The first-order valence-electron chi connectivity index (χ1n) is 9.30. The number of rotatable bonds is 6. The molecule has 0 unspecified atom stereocenters. The van der Waals surface area contributed by atoms with Crippen molar-refractivity contribution in [1.29, 1.82) is 0 Å². The molecule has 0 spiro atoms. The number of aryl methyl sites for hydroxylation is 1. The van der Waals surface area contributed by atoms with Gasteiger partial charge in [0.05, 0.1) is 12.3 Å². The lowest BCUT2D eigenvalue weighted by Crippen LogP contribution is -2.17. The Morgan fingerprint density at radius 2 is 1.72 bits per heavy atom. The summed E-state index contributed by atoms with van der Waals surface area (Å²) < 4.78 is 5.11. The molecule has 0 saturated heterocycles. The van der Waals surface area contributed by atoms with Crippen LogP contribution in [0.25, 0.3) is 10.6 Å². The van der Waals surface area contributed by atoms with Gasteiger partial charge in [-0.1, -0.05) is 50.2 Å². The summed E-state index contributed by atoms with van der Waals surface area (Å²) in [6, 6.07) is 16.7. The van der Waals surface area contributed by atoms with E-state index in [2.05, 4.69) is 15.6 Å². The summed E-state index contributed by atoms with van der Waals surface area (Å²) >= 11 is 1.35. The quantitative estimate of drug-likeness (QED) is 0.557. The highest BCUT2D eigenvalue weighted by atomic mass is 32.1. The maximum atomic E-state index is 12.7. The van der Waals surface area contributed by atoms with Gasteiger partial charge in [-0.3, -0.25) is 10.1 Å². The van der Waals surface area contributed by atoms with Crippen LogP contribution < -0.4 is 10.6 Å². The predicted octanol–water partition coefficient (Wildman–Crippen LogP) is 5.58. The van der Waals surface area contributed by atoms with E-state index in [1.807, 2.05) is 51.1 Å². The van der Waals surface area contributed by atoms with E-state index in [1.165, 1.54) is 11.3 Å². The minimum Gasteiger partial charge on any atom is -0.449 e. The second-order valence-corrected chi connectivity index (χ2v) is 7.95. The molecule has 0 radical (unpaired) electrons. The molecule has 0 aliphatic carbocycles. The van der Waals surface area contributed by atoms with Gasteiger partial charge in [0, 0.05) is 16.9 Å². The number of ether oxygens (including phenoxy) is 1. The number of hydrogen-bond acceptors (Lipinski definition) is 5. The van der Waals surface area contributed by atoms with Gasteiger partial charge in [0.15, 0.2) is 0 Å². The van der Waals surface area contributed by atoms with Crippen molar-refractivity contribution in [2.45, 2.75) is 20.8 Å². The first kappa shape index (κ1) is 20.5. The number of carbonyl (C=O) groups is 2. The number of anilines is 2. The maximum Gasteiger partial charge on any atom is 0.411 e. The number of thiazole rings is 1. The normalized spacial score (nSPS) is 10.6. The van der Waals surface area contributed by atoms with Gasteiger partial charge in [-0.2, -0.15) is 0 Å². The average molecular weight is 410 g/mol. The van der Waals surface area contributed by atoms with Crippen LogP contribution in [0.5, 0.6) is 0 Å². The number of nitrogens with zero attached hydrogens (tertiary/aromatic N) is 1. The minimum atomic E-state index is -0.520. The van der Waals surface area contributed by atoms with E-state index in [0.717, 1.165) is 10.6 Å². The van der Waals surface area contributed by atoms with Crippen LogP contribution in [0, 0.1) is 12.8 Å². The fourth-order valence-corrected chi connectivity index (χ4v) is 3.54. The topological polar surface area (TPSA) is 80.3 Å². The van der Waals surface area contributed by atoms with Gasteiger partial charge >= 0.3 is 6.09 Å². The standard InChI is InChI=1S/C22H23N3O3S/c1-14(2)13-28-22(27)25-18-11-7-10-17(12-18)24-20(26)19-15(3)23-21(29-19)16-8-5-4-6-9-16/h4-12,14H,13H2,1-3H3,(H,24,26)(H,25,27). The summed E-state index contributed by atoms with van der Waals surface area (Å²) in [7, 11) is 0. The summed E-state index contributed by atoms with van der Waals surface area (Å²) in [6.45, 7) is 6.10. The molecule has 6 nitrogen and oxygen atoms in total. The highest BCUT2D eigenvalue weighted by Gasteiger charge is 2.16. The van der Waals surface area contributed by atoms with Gasteiger partial charge in [-0.25, -0.2) is 9.78 Å². The molecule has 7 heteroatoms. The SMILES string of the molecule is Cc1nc(-c2ccccc2)sc1C(=O)Nc1cccc(NC(=O)OCC(C)C)c1. The number of amides is 2. The molecule has 29 heavy (non-hydrogen) atoms. The van der Waals surface area contributed by atoms with Crippen molar-refractivity contribution >= 4 is 34.7 Å². The number of nitrogens with one attached hydrogen (secondary N) is 2. The molecule has 2 N–H and O–H groups in total. The Hall–Kier alpha value is -3.19. The van der Waals surface area contributed by atoms with Gasteiger partial charge < -0.3 is 10.1 Å². The highest BCUT2D eigenvalue weighted by molar-refractivity contribution is 7.17. The third kappa shape index (κ3) is 5.65. The van der Waals surface area contributed by atoms with Gasteiger partial charge in [-0.05, 0) is 31.0 Å². The van der Waals surface area contributed by atoms with Crippen LogP contribution in [-0.4, -0.2) is 23.6 Å². The molecule has 0 fully saturated rings. The Kier molecular flexibility index (Phi) is 6.61. The van der Waals surface area contributed by atoms with Crippen LogP contribution >= 0.6 is 11.3 Å². The van der Waals surface area contributed by atoms with Crippen LogP contribution in [0.1, 0.15) is 29.2 Å². The highest BCUT2D eigenvalue weighted by Crippen LogP contribution is 2.28. The molecule has 1 aromatic heterocycles. The molecule has 0 aliphatic heterocycles. The molecule has 0 saturated carbocycles. The lowest BCUT2D eigenvalue weighted by molar-refractivity contribution is 0.102. The van der Waals surface area contributed by atoms with E-state index >= 15 is 0 Å². The van der Waals surface area contributed by atoms with Crippen molar-refractivity contribution < 1.29 is 14.3 Å². The van der Waals surface area contributed by atoms with Crippen LogP contribution in [0.4, 0.5) is 16.2 Å². The molecule has 2 amide bonds. The largest absolute Gasteiger partial charge is 0.449 e. The zero-order chi connectivity index (χ0) is 20.8. The Labute approximate surface area is 173 Å². The zero-order valence-electron chi connectivity index (χ0n) is 16.6. The molecule has 0 atom stereocenters.